The van der Waals surface area contributed by atoms with Gasteiger partial charge in [0.05, 0.1) is 0 Å². The summed E-state index contributed by atoms with van der Waals surface area (Å²) in [5.74, 6) is 0.145. The number of phenolic OH excluding ortho intramolecular Hbond substituents is 1. The molecule has 3 N–H and O–H groups in total. The van der Waals surface area contributed by atoms with E-state index in [-0.39, 0.29) is 12.4 Å². The highest BCUT2D eigenvalue weighted by atomic mass is 32.2. The fourth-order valence-electron chi connectivity index (χ4n) is 3.49. The number of phenols is 1. The van der Waals surface area contributed by atoms with Gasteiger partial charge in [-0.3, -0.25) is 5.32 Å². The molecule has 0 heterocycles. The second-order valence-corrected chi connectivity index (χ2v) is 7.78. The zero-order valence-corrected chi connectivity index (χ0v) is 18.4. The van der Waals surface area contributed by atoms with Gasteiger partial charge < -0.3 is 19.7 Å². The number of aliphatic hydroxyl groups excluding tert-OH is 1. The average Bonchev–Trinajstić information content (AvgIpc) is 2.79. The van der Waals surface area contributed by atoms with E-state index in [1.807, 2.05) is 55.6 Å². The molecule has 0 bridgehead atoms. The van der Waals surface area contributed by atoms with E-state index in [0.717, 1.165) is 10.3 Å². The smallest absolute Gasteiger partial charge is 0.412 e. The standard InChI is InChI=1S/C24H27NO5S/c1-3-29-22(14-15-26)23(20-12-13-21(27)19-7-5-4-6-18(19)20)30-24(28)25-16-8-10-17(31-2)11-9-16/h4-13,22-23,26-27H,3,14-15H2,1-2H3,(H,25,28)/t22-,23-/m0/s1. The third-order valence-corrected chi connectivity index (χ3v) is 5.69. The lowest BCUT2D eigenvalue weighted by molar-refractivity contribution is -0.0478. The summed E-state index contributed by atoms with van der Waals surface area (Å²) in [5, 5.41) is 24.0. The molecule has 164 valence electrons. The molecule has 3 aromatic carbocycles. The van der Waals surface area contributed by atoms with Gasteiger partial charge in [-0.25, -0.2) is 4.79 Å². The van der Waals surface area contributed by atoms with E-state index >= 15 is 0 Å². The number of fused-ring (bicyclic) bond motifs is 1. The number of benzene rings is 3. The van der Waals surface area contributed by atoms with Gasteiger partial charge in [-0.05, 0) is 48.9 Å². The number of aliphatic hydroxyl groups is 1. The van der Waals surface area contributed by atoms with Crippen LogP contribution in [-0.4, -0.2) is 41.9 Å². The minimum atomic E-state index is -0.775. The van der Waals surface area contributed by atoms with E-state index in [4.69, 9.17) is 9.47 Å². The van der Waals surface area contributed by atoms with Crippen molar-refractivity contribution >= 4 is 34.3 Å². The van der Waals surface area contributed by atoms with Crippen LogP contribution in [0.25, 0.3) is 10.8 Å². The fourth-order valence-corrected chi connectivity index (χ4v) is 3.90. The number of rotatable bonds is 9. The molecule has 0 spiro atoms. The van der Waals surface area contributed by atoms with Gasteiger partial charge in [-0.2, -0.15) is 0 Å². The Balaban J connectivity index is 1.93. The molecular formula is C24H27NO5S. The third-order valence-electron chi connectivity index (χ3n) is 4.94. The molecule has 0 saturated heterocycles. The summed E-state index contributed by atoms with van der Waals surface area (Å²) >= 11 is 1.62. The van der Waals surface area contributed by atoms with Crippen molar-refractivity contribution in [2.45, 2.75) is 30.4 Å². The topological polar surface area (TPSA) is 88.0 Å². The maximum Gasteiger partial charge on any atom is 0.412 e. The normalized spacial score (nSPS) is 13.0. The number of anilines is 1. The lowest BCUT2D eigenvalue weighted by Crippen LogP contribution is -2.30. The zero-order valence-electron chi connectivity index (χ0n) is 17.6. The van der Waals surface area contributed by atoms with E-state index in [0.29, 0.717) is 29.7 Å². The molecule has 0 aliphatic carbocycles. The number of amides is 1. The summed E-state index contributed by atoms with van der Waals surface area (Å²) in [6, 6.07) is 18.1. The number of carbonyl (C=O) groups excluding carboxylic acids is 1. The molecule has 0 fully saturated rings. The number of hydrogen-bond donors (Lipinski definition) is 3. The summed E-state index contributed by atoms with van der Waals surface area (Å²) in [6.45, 7) is 2.14. The largest absolute Gasteiger partial charge is 0.507 e. The summed E-state index contributed by atoms with van der Waals surface area (Å²) < 4.78 is 11.7. The molecule has 0 aliphatic rings. The molecule has 0 aromatic heterocycles. The van der Waals surface area contributed by atoms with Crippen molar-refractivity contribution in [3.05, 3.63) is 66.2 Å². The summed E-state index contributed by atoms with van der Waals surface area (Å²) in [6.07, 6.45) is 0.333. The van der Waals surface area contributed by atoms with Gasteiger partial charge >= 0.3 is 6.09 Å². The fraction of sp³-hybridized carbons (Fsp3) is 0.292. The Bertz CT molecular complexity index is 1000. The Kier molecular flexibility index (Phi) is 8.17. The first kappa shape index (κ1) is 22.9. The summed E-state index contributed by atoms with van der Waals surface area (Å²) in [7, 11) is 0. The number of ether oxygens (including phenoxy) is 2. The van der Waals surface area contributed by atoms with E-state index < -0.39 is 18.3 Å². The van der Waals surface area contributed by atoms with Crippen LogP contribution in [0.15, 0.2) is 65.6 Å². The second-order valence-electron chi connectivity index (χ2n) is 6.90. The molecule has 31 heavy (non-hydrogen) atoms. The number of hydrogen-bond acceptors (Lipinski definition) is 6. The highest BCUT2D eigenvalue weighted by Gasteiger charge is 2.29. The lowest BCUT2D eigenvalue weighted by Gasteiger charge is -2.28. The Hall–Kier alpha value is -2.74. The Morgan fingerprint density at radius 2 is 1.77 bits per heavy atom. The number of aromatic hydroxyl groups is 1. The van der Waals surface area contributed by atoms with Crippen LogP contribution in [0.5, 0.6) is 5.75 Å². The number of nitrogens with one attached hydrogen (secondary N) is 1. The molecular weight excluding hydrogens is 414 g/mol. The maximum absolute atomic E-state index is 12.8. The maximum atomic E-state index is 12.8. The quantitative estimate of drug-likeness (QED) is 0.388. The van der Waals surface area contributed by atoms with Gasteiger partial charge in [-0.1, -0.05) is 30.3 Å². The highest BCUT2D eigenvalue weighted by molar-refractivity contribution is 7.98. The molecule has 2 atom stereocenters. The number of thioether (sulfide) groups is 1. The Morgan fingerprint density at radius 3 is 2.42 bits per heavy atom. The predicted octanol–water partition coefficient (Wildman–Crippen LogP) is 5.34. The minimum Gasteiger partial charge on any atom is -0.507 e. The van der Waals surface area contributed by atoms with Gasteiger partial charge in [0.2, 0.25) is 0 Å². The van der Waals surface area contributed by atoms with Gasteiger partial charge in [-0.15, -0.1) is 11.8 Å². The van der Waals surface area contributed by atoms with Crippen molar-refractivity contribution in [3.63, 3.8) is 0 Å². The summed E-state index contributed by atoms with van der Waals surface area (Å²) in [4.78, 5) is 13.9. The van der Waals surface area contributed by atoms with Crippen LogP contribution in [0, 0.1) is 0 Å². The zero-order chi connectivity index (χ0) is 22.2. The monoisotopic (exact) mass is 441 g/mol. The van der Waals surface area contributed by atoms with Crippen molar-refractivity contribution in [2.75, 3.05) is 24.8 Å². The SMILES string of the molecule is CCO[C@@H](CCO)[C@@H](OC(=O)Nc1ccc(SC)cc1)c1ccc(O)c2ccccc12. The summed E-state index contributed by atoms with van der Waals surface area (Å²) in [5.41, 5.74) is 1.32. The van der Waals surface area contributed by atoms with E-state index in [1.54, 1.807) is 30.0 Å². The Morgan fingerprint density at radius 1 is 1.06 bits per heavy atom. The average molecular weight is 442 g/mol. The van der Waals surface area contributed by atoms with Gasteiger partial charge in [0.1, 0.15) is 11.9 Å². The van der Waals surface area contributed by atoms with E-state index in [1.165, 1.54) is 0 Å². The van der Waals surface area contributed by atoms with Crippen molar-refractivity contribution < 1.29 is 24.5 Å². The van der Waals surface area contributed by atoms with Crippen LogP contribution in [0.2, 0.25) is 0 Å². The Labute approximate surface area is 186 Å². The van der Waals surface area contributed by atoms with Crippen LogP contribution in [0.4, 0.5) is 10.5 Å². The minimum absolute atomic E-state index is 0.113. The molecule has 7 heteroatoms. The first-order valence-electron chi connectivity index (χ1n) is 10.1. The first-order valence-corrected chi connectivity index (χ1v) is 11.3. The van der Waals surface area contributed by atoms with Crippen molar-refractivity contribution in [1.82, 2.24) is 0 Å². The first-order chi connectivity index (χ1) is 15.1. The molecule has 0 unspecified atom stereocenters. The van der Waals surface area contributed by atoms with Gasteiger partial charge in [0.25, 0.3) is 0 Å². The molecule has 3 aromatic rings. The van der Waals surface area contributed by atoms with Crippen LogP contribution in [0.3, 0.4) is 0 Å². The van der Waals surface area contributed by atoms with Crippen LogP contribution in [0.1, 0.15) is 25.0 Å². The molecule has 0 radical (unpaired) electrons. The van der Waals surface area contributed by atoms with E-state index in [9.17, 15) is 15.0 Å². The lowest BCUT2D eigenvalue weighted by atomic mass is 9.95. The molecule has 0 saturated carbocycles. The third kappa shape index (κ3) is 5.70. The highest BCUT2D eigenvalue weighted by Crippen LogP contribution is 2.35. The van der Waals surface area contributed by atoms with Crippen LogP contribution >= 0.6 is 11.8 Å². The van der Waals surface area contributed by atoms with E-state index in [2.05, 4.69) is 5.32 Å². The van der Waals surface area contributed by atoms with Crippen LogP contribution in [-0.2, 0) is 9.47 Å². The van der Waals surface area contributed by atoms with Crippen molar-refractivity contribution in [2.24, 2.45) is 0 Å². The van der Waals surface area contributed by atoms with Gasteiger partial charge in [0, 0.05) is 41.2 Å². The molecule has 3 rings (SSSR count). The molecule has 1 amide bonds. The number of carbonyl (C=O) groups is 1. The van der Waals surface area contributed by atoms with Gasteiger partial charge in [0.15, 0.2) is 6.10 Å². The second kappa shape index (κ2) is 11.0. The molecule has 0 aliphatic heterocycles. The van der Waals surface area contributed by atoms with Crippen molar-refractivity contribution in [3.8, 4) is 5.75 Å². The predicted molar refractivity (Wildman–Crippen MR) is 124 cm³/mol. The van der Waals surface area contributed by atoms with Crippen molar-refractivity contribution in [1.29, 1.82) is 0 Å². The van der Waals surface area contributed by atoms with Crippen LogP contribution < -0.4 is 5.32 Å². The molecule has 6 nitrogen and oxygen atoms in total.